The van der Waals surface area contributed by atoms with Gasteiger partial charge in [0.15, 0.2) is 17.0 Å². The van der Waals surface area contributed by atoms with Crippen molar-refractivity contribution in [3.05, 3.63) is 66.1 Å². The Kier molecular flexibility index (Phi) is 6.00. The topological polar surface area (TPSA) is 113 Å². The van der Waals surface area contributed by atoms with E-state index in [1.165, 1.54) is 0 Å². The molecule has 3 N–H and O–H groups in total. The number of aromatic nitrogens is 5. The van der Waals surface area contributed by atoms with E-state index < -0.39 is 0 Å². The summed E-state index contributed by atoms with van der Waals surface area (Å²) in [6.07, 6.45) is 3.48. The Hall–Kier alpha value is -3.72. The Balaban J connectivity index is 1.51. The monoisotopic (exact) mass is 405 g/mol. The number of nitrogens with one attached hydrogen (secondary N) is 1. The summed E-state index contributed by atoms with van der Waals surface area (Å²) in [6.45, 7) is 2.07. The molecular formula is C21H23N7O2. The zero-order chi connectivity index (χ0) is 20.8. The number of nitrogen functional groups attached to an aromatic ring is 1. The van der Waals surface area contributed by atoms with Crippen LogP contribution in [-0.2, 0) is 17.8 Å². The second-order valence-corrected chi connectivity index (χ2v) is 6.67. The molecule has 4 rings (SSSR count). The predicted octanol–water partition coefficient (Wildman–Crippen LogP) is 2.49. The Bertz CT molecular complexity index is 1120. The number of hydrogen-bond donors (Lipinski definition) is 2. The summed E-state index contributed by atoms with van der Waals surface area (Å²) in [4.78, 5) is 17.3. The number of methoxy groups -OCH3 is 1. The number of nitrogens with zero attached hydrogens (tertiary/aromatic N) is 5. The van der Waals surface area contributed by atoms with Gasteiger partial charge in [-0.3, -0.25) is 0 Å². The summed E-state index contributed by atoms with van der Waals surface area (Å²) in [5.74, 6) is 1.14. The van der Waals surface area contributed by atoms with Crippen molar-refractivity contribution in [1.29, 1.82) is 0 Å². The largest absolute Gasteiger partial charge is 0.461 e. The number of pyridine rings is 1. The SMILES string of the molecule is COCCOc1nc(N)c2ncn(Cc3cccc(CNc4ccccn4)c3)c2n1. The van der Waals surface area contributed by atoms with E-state index in [-0.39, 0.29) is 6.01 Å². The van der Waals surface area contributed by atoms with Crippen LogP contribution < -0.4 is 15.8 Å². The Morgan fingerprint density at radius 2 is 1.93 bits per heavy atom. The van der Waals surface area contributed by atoms with Gasteiger partial charge in [0.2, 0.25) is 0 Å². The van der Waals surface area contributed by atoms with Gasteiger partial charge in [0.25, 0.3) is 0 Å². The maximum absolute atomic E-state index is 6.03. The smallest absolute Gasteiger partial charge is 0.320 e. The van der Waals surface area contributed by atoms with Gasteiger partial charge in [0.1, 0.15) is 12.4 Å². The zero-order valence-electron chi connectivity index (χ0n) is 16.7. The van der Waals surface area contributed by atoms with Gasteiger partial charge >= 0.3 is 6.01 Å². The third-order valence-electron chi connectivity index (χ3n) is 4.47. The number of hydrogen-bond acceptors (Lipinski definition) is 8. The highest BCUT2D eigenvalue weighted by Crippen LogP contribution is 2.20. The van der Waals surface area contributed by atoms with Gasteiger partial charge in [-0.1, -0.05) is 30.3 Å². The lowest BCUT2D eigenvalue weighted by molar-refractivity contribution is 0.141. The highest BCUT2D eigenvalue weighted by Gasteiger charge is 2.12. The molecule has 0 radical (unpaired) electrons. The lowest BCUT2D eigenvalue weighted by Gasteiger charge is -2.09. The third kappa shape index (κ3) is 4.64. The van der Waals surface area contributed by atoms with Crippen LogP contribution in [0.4, 0.5) is 11.6 Å². The minimum Gasteiger partial charge on any atom is -0.461 e. The number of nitrogens with two attached hydrogens (primary N) is 1. The summed E-state index contributed by atoms with van der Waals surface area (Å²) in [5, 5.41) is 3.32. The fourth-order valence-electron chi connectivity index (χ4n) is 3.04. The van der Waals surface area contributed by atoms with Crippen molar-refractivity contribution in [3.63, 3.8) is 0 Å². The maximum Gasteiger partial charge on any atom is 0.320 e. The van der Waals surface area contributed by atoms with Gasteiger partial charge in [0, 0.05) is 19.9 Å². The van der Waals surface area contributed by atoms with Crippen LogP contribution in [0.2, 0.25) is 0 Å². The van der Waals surface area contributed by atoms with Gasteiger partial charge in [-0.05, 0) is 23.3 Å². The molecule has 3 heterocycles. The molecule has 9 nitrogen and oxygen atoms in total. The number of anilines is 2. The molecule has 0 saturated heterocycles. The fourth-order valence-corrected chi connectivity index (χ4v) is 3.04. The first kappa shape index (κ1) is 19.6. The van der Waals surface area contributed by atoms with Crippen molar-refractivity contribution in [2.45, 2.75) is 13.1 Å². The molecule has 0 aliphatic rings. The first-order chi connectivity index (χ1) is 14.7. The van der Waals surface area contributed by atoms with Crippen LogP contribution in [0.25, 0.3) is 11.2 Å². The molecule has 154 valence electrons. The van der Waals surface area contributed by atoms with Crippen LogP contribution >= 0.6 is 0 Å². The summed E-state index contributed by atoms with van der Waals surface area (Å²) in [6, 6.07) is 14.3. The molecule has 4 aromatic rings. The van der Waals surface area contributed by atoms with Crippen LogP contribution in [0.3, 0.4) is 0 Å². The summed E-state index contributed by atoms with van der Waals surface area (Å²) in [5.41, 5.74) is 9.50. The van der Waals surface area contributed by atoms with Crippen molar-refractivity contribution in [3.8, 4) is 6.01 Å². The van der Waals surface area contributed by atoms with E-state index in [2.05, 4.69) is 43.5 Å². The summed E-state index contributed by atoms with van der Waals surface area (Å²) < 4.78 is 12.4. The Morgan fingerprint density at radius 3 is 2.77 bits per heavy atom. The van der Waals surface area contributed by atoms with Gasteiger partial charge in [-0.2, -0.15) is 9.97 Å². The van der Waals surface area contributed by atoms with Gasteiger partial charge in [-0.15, -0.1) is 0 Å². The first-order valence-corrected chi connectivity index (χ1v) is 9.56. The molecule has 0 atom stereocenters. The molecule has 0 bridgehead atoms. The van der Waals surface area contributed by atoms with Crippen LogP contribution in [0.15, 0.2) is 55.0 Å². The second kappa shape index (κ2) is 9.19. The minimum atomic E-state index is 0.215. The van der Waals surface area contributed by atoms with Crippen LogP contribution in [0.1, 0.15) is 11.1 Å². The van der Waals surface area contributed by atoms with Crippen molar-refractivity contribution in [1.82, 2.24) is 24.5 Å². The average molecular weight is 405 g/mol. The lowest BCUT2D eigenvalue weighted by atomic mass is 10.1. The van der Waals surface area contributed by atoms with Crippen molar-refractivity contribution < 1.29 is 9.47 Å². The Morgan fingerprint density at radius 1 is 1.03 bits per heavy atom. The molecule has 0 spiro atoms. The van der Waals surface area contributed by atoms with Crippen molar-refractivity contribution in [2.75, 3.05) is 31.4 Å². The summed E-state index contributed by atoms with van der Waals surface area (Å²) in [7, 11) is 1.61. The molecule has 0 fully saturated rings. The van der Waals surface area contributed by atoms with Crippen LogP contribution in [-0.4, -0.2) is 44.8 Å². The van der Waals surface area contributed by atoms with E-state index in [1.54, 1.807) is 19.6 Å². The highest BCUT2D eigenvalue weighted by atomic mass is 16.5. The molecule has 3 aromatic heterocycles. The minimum absolute atomic E-state index is 0.215. The van der Waals surface area contributed by atoms with Crippen molar-refractivity contribution >= 4 is 22.8 Å². The predicted molar refractivity (Wildman–Crippen MR) is 114 cm³/mol. The number of ether oxygens (including phenoxy) is 2. The van der Waals surface area contributed by atoms with E-state index >= 15 is 0 Å². The first-order valence-electron chi connectivity index (χ1n) is 9.56. The number of rotatable bonds is 9. The Labute approximate surface area is 173 Å². The number of imidazole rings is 1. The molecule has 0 aliphatic carbocycles. The molecule has 1 aromatic carbocycles. The van der Waals surface area contributed by atoms with Crippen LogP contribution in [0, 0.1) is 0 Å². The summed E-state index contributed by atoms with van der Waals surface area (Å²) >= 11 is 0. The average Bonchev–Trinajstić information content (AvgIpc) is 3.17. The zero-order valence-corrected chi connectivity index (χ0v) is 16.7. The fraction of sp³-hybridized carbons (Fsp3) is 0.238. The molecule has 30 heavy (non-hydrogen) atoms. The van der Waals surface area contributed by atoms with E-state index in [0.29, 0.717) is 43.3 Å². The quantitative estimate of drug-likeness (QED) is 0.408. The van der Waals surface area contributed by atoms with E-state index in [1.807, 2.05) is 28.8 Å². The van der Waals surface area contributed by atoms with Gasteiger partial charge in [-0.25, -0.2) is 9.97 Å². The third-order valence-corrected chi connectivity index (χ3v) is 4.47. The highest BCUT2D eigenvalue weighted by molar-refractivity contribution is 5.81. The van der Waals surface area contributed by atoms with E-state index in [4.69, 9.17) is 15.2 Å². The number of benzene rings is 1. The maximum atomic E-state index is 6.03. The van der Waals surface area contributed by atoms with Gasteiger partial charge < -0.3 is 25.1 Å². The molecule has 0 amide bonds. The second-order valence-electron chi connectivity index (χ2n) is 6.67. The number of fused-ring (bicyclic) bond motifs is 1. The standard InChI is InChI=1S/C21H23N7O2/c1-29-9-10-30-21-26-19(22)18-20(27-21)28(14-25-18)13-16-6-4-5-15(11-16)12-24-17-7-2-3-8-23-17/h2-8,11,14H,9-10,12-13H2,1H3,(H,23,24)(H2,22,26,27). The molecule has 9 heteroatoms. The molecule has 0 saturated carbocycles. The molecule has 0 unspecified atom stereocenters. The molecular weight excluding hydrogens is 382 g/mol. The van der Waals surface area contributed by atoms with E-state index in [0.717, 1.165) is 16.9 Å². The van der Waals surface area contributed by atoms with Crippen molar-refractivity contribution in [2.24, 2.45) is 0 Å². The normalized spacial score (nSPS) is 11.0. The van der Waals surface area contributed by atoms with Gasteiger partial charge in [0.05, 0.1) is 19.5 Å². The van der Waals surface area contributed by atoms with E-state index in [9.17, 15) is 0 Å². The lowest BCUT2D eigenvalue weighted by Crippen LogP contribution is -2.09. The van der Waals surface area contributed by atoms with Crippen LogP contribution in [0.5, 0.6) is 6.01 Å². The molecule has 0 aliphatic heterocycles.